The molecule has 0 aromatic carbocycles. The third-order valence-electron chi connectivity index (χ3n) is 5.94. The van der Waals surface area contributed by atoms with Crippen molar-refractivity contribution in [2.75, 3.05) is 0 Å². The van der Waals surface area contributed by atoms with E-state index in [1.54, 1.807) is 11.8 Å². The predicted octanol–water partition coefficient (Wildman–Crippen LogP) is 1.39. The minimum absolute atomic E-state index is 0.0892. The van der Waals surface area contributed by atoms with Crippen molar-refractivity contribution < 1.29 is 41.5 Å². The van der Waals surface area contributed by atoms with Gasteiger partial charge in [-0.05, 0) is 44.4 Å². The van der Waals surface area contributed by atoms with E-state index >= 15 is 0 Å². The van der Waals surface area contributed by atoms with Crippen molar-refractivity contribution in [2.24, 2.45) is 17.8 Å². The molecule has 3 N–H and O–H groups in total. The summed E-state index contributed by atoms with van der Waals surface area (Å²) in [5.41, 5.74) is -0.737. The molecule has 150 valence electrons. The lowest BCUT2D eigenvalue weighted by molar-refractivity contribution is -0.209. The summed E-state index contributed by atoms with van der Waals surface area (Å²) >= 11 is 1.56. The number of hydrogen-bond acceptors (Lipinski definition) is 7. The number of rotatable bonds is 5. The normalized spacial score (nSPS) is 41.4. The number of halogens is 2. The lowest BCUT2D eigenvalue weighted by Gasteiger charge is -2.36. The maximum atomic E-state index is 13.3. The summed E-state index contributed by atoms with van der Waals surface area (Å²) in [5.74, 6) is -1.45. The molecule has 26 heavy (non-hydrogen) atoms. The van der Waals surface area contributed by atoms with Crippen LogP contribution in [0.4, 0.5) is 8.78 Å². The van der Waals surface area contributed by atoms with E-state index in [-0.39, 0.29) is 22.3 Å². The smallest absolute Gasteiger partial charge is 0.428 e. The lowest BCUT2D eigenvalue weighted by Crippen LogP contribution is -2.46. The van der Waals surface area contributed by atoms with E-state index in [4.69, 9.17) is 4.55 Å². The number of hydrogen-bond donors (Lipinski definition) is 3. The summed E-state index contributed by atoms with van der Waals surface area (Å²) in [6, 6.07) is 0. The first-order chi connectivity index (χ1) is 11.8. The van der Waals surface area contributed by atoms with Gasteiger partial charge in [0.25, 0.3) is 6.29 Å². The van der Waals surface area contributed by atoms with Crippen LogP contribution in [-0.2, 0) is 19.6 Å². The molecule has 3 aliphatic rings. The second-order valence-corrected chi connectivity index (χ2v) is 10.6. The molecule has 3 rings (SSSR count). The molecule has 2 aliphatic heterocycles. The Morgan fingerprint density at radius 2 is 2.00 bits per heavy atom. The number of fused-ring (bicyclic) bond motifs is 2. The molecule has 0 aromatic heterocycles. The average molecular weight is 416 g/mol. The summed E-state index contributed by atoms with van der Waals surface area (Å²) in [5, 5.41) is 14.7. The van der Waals surface area contributed by atoms with Gasteiger partial charge in [0.1, 0.15) is 0 Å². The van der Waals surface area contributed by atoms with Gasteiger partial charge in [-0.3, -0.25) is 9.35 Å². The Kier molecular flexibility index (Phi) is 5.09. The maximum absolute atomic E-state index is 13.3. The molecular formula is C15H22F2O7S2. The Balaban J connectivity index is 1.61. The first-order valence-corrected chi connectivity index (χ1v) is 10.8. The van der Waals surface area contributed by atoms with Gasteiger partial charge >= 0.3 is 21.3 Å². The molecule has 7 atom stereocenters. The Hall–Kier alpha value is -0.490. The summed E-state index contributed by atoms with van der Waals surface area (Å²) in [7, 11) is -5.91. The van der Waals surface area contributed by atoms with Gasteiger partial charge in [0.2, 0.25) is 0 Å². The van der Waals surface area contributed by atoms with Crippen molar-refractivity contribution in [3.05, 3.63) is 0 Å². The minimum Gasteiger partial charge on any atom is -0.428 e. The molecule has 0 radical (unpaired) electrons. The average Bonchev–Trinajstić information content (AvgIpc) is 3.18. The summed E-state index contributed by atoms with van der Waals surface area (Å²) in [6.45, 7) is 1.82. The molecule has 7 unspecified atom stereocenters. The number of carbonyl (C=O) groups excluding carboxylic acids is 1. The molecule has 0 amide bonds. The predicted molar refractivity (Wildman–Crippen MR) is 87.9 cm³/mol. The third kappa shape index (κ3) is 3.36. The van der Waals surface area contributed by atoms with Gasteiger partial charge in [0.15, 0.2) is 0 Å². The molecule has 0 spiro atoms. The first kappa shape index (κ1) is 20.2. The second-order valence-electron chi connectivity index (χ2n) is 7.64. The van der Waals surface area contributed by atoms with Crippen LogP contribution in [0.1, 0.15) is 39.0 Å². The highest BCUT2D eigenvalue weighted by Crippen LogP contribution is 2.58. The first-order valence-electron chi connectivity index (χ1n) is 8.46. The topological polar surface area (TPSA) is 121 Å². The monoisotopic (exact) mass is 416 g/mol. The molecular weight excluding hydrogens is 394 g/mol. The van der Waals surface area contributed by atoms with Gasteiger partial charge in [-0.25, -0.2) is 0 Å². The van der Waals surface area contributed by atoms with Gasteiger partial charge in [0.05, 0.1) is 11.5 Å². The van der Waals surface area contributed by atoms with Gasteiger partial charge < -0.3 is 14.9 Å². The zero-order chi connectivity index (χ0) is 19.5. The Labute approximate surface area is 154 Å². The van der Waals surface area contributed by atoms with Crippen LogP contribution in [0.25, 0.3) is 0 Å². The number of esters is 1. The minimum atomic E-state index is -5.91. The van der Waals surface area contributed by atoms with Crippen molar-refractivity contribution in [3.63, 3.8) is 0 Å². The molecule has 1 saturated carbocycles. The number of aliphatic hydroxyl groups excluding tert-OH is 1. The maximum Gasteiger partial charge on any atom is 0.430 e. The number of carbonyl (C=O) groups is 1. The van der Waals surface area contributed by atoms with Crippen molar-refractivity contribution in [3.8, 4) is 0 Å². The summed E-state index contributed by atoms with van der Waals surface area (Å²) in [4.78, 5) is 12.1. The molecule has 11 heteroatoms. The van der Waals surface area contributed by atoms with Crippen molar-refractivity contribution in [2.45, 2.75) is 66.7 Å². The highest BCUT2D eigenvalue weighted by molar-refractivity contribution is 8.01. The van der Waals surface area contributed by atoms with E-state index < -0.39 is 39.2 Å². The van der Waals surface area contributed by atoms with Crippen LogP contribution in [0.2, 0.25) is 0 Å². The Morgan fingerprint density at radius 1 is 1.35 bits per heavy atom. The van der Waals surface area contributed by atoms with Crippen LogP contribution < -0.4 is 0 Å². The van der Waals surface area contributed by atoms with Crippen LogP contribution in [0.3, 0.4) is 0 Å². The molecule has 1 aliphatic carbocycles. The fourth-order valence-electron chi connectivity index (χ4n) is 4.61. The van der Waals surface area contributed by atoms with E-state index in [0.29, 0.717) is 12.8 Å². The van der Waals surface area contributed by atoms with E-state index in [0.717, 1.165) is 19.3 Å². The third-order valence-corrected chi connectivity index (χ3v) is 8.59. The molecule has 2 bridgehead atoms. The fourth-order valence-corrected chi connectivity index (χ4v) is 6.93. The van der Waals surface area contributed by atoms with E-state index in [1.165, 1.54) is 0 Å². The fraction of sp³-hybridized carbons (Fsp3) is 0.933. The molecule has 2 saturated heterocycles. The summed E-state index contributed by atoms with van der Waals surface area (Å²) < 4.78 is 60.5. The van der Waals surface area contributed by atoms with Crippen LogP contribution in [-0.4, -0.2) is 56.8 Å². The van der Waals surface area contributed by atoms with E-state index in [9.17, 15) is 32.2 Å². The van der Waals surface area contributed by atoms with Gasteiger partial charge in [-0.15, -0.1) is 0 Å². The van der Waals surface area contributed by atoms with Crippen molar-refractivity contribution >= 4 is 27.8 Å². The highest BCUT2D eigenvalue weighted by Gasteiger charge is 2.58. The Morgan fingerprint density at radius 3 is 2.46 bits per heavy atom. The van der Waals surface area contributed by atoms with Crippen molar-refractivity contribution in [1.29, 1.82) is 0 Å². The quantitative estimate of drug-likeness (QED) is 0.349. The molecule has 3 fully saturated rings. The number of alkyl halides is 2. The van der Waals surface area contributed by atoms with Crippen LogP contribution >= 0.6 is 11.8 Å². The zero-order valence-electron chi connectivity index (χ0n) is 14.0. The van der Waals surface area contributed by atoms with E-state index in [2.05, 4.69) is 4.74 Å². The van der Waals surface area contributed by atoms with E-state index in [1.807, 2.05) is 6.92 Å². The number of aliphatic hydroxyl groups is 2. The highest BCUT2D eigenvalue weighted by atomic mass is 32.2. The molecule has 0 aromatic rings. The number of ether oxygens (including phenoxy) is 1. The van der Waals surface area contributed by atoms with Crippen molar-refractivity contribution in [1.82, 2.24) is 0 Å². The SMILES string of the molecule is CC1(O)CCCC1C1CC2SC1CC2C(=O)OC(O)C(F)(F)S(=O)(=O)O. The molecule has 2 heterocycles. The standard InChI is InChI=1S/C15H22F2O7S2/c1-14(20)4-2-3-9(14)7-5-11-8(6-10(7)25-11)12(18)24-13(19)15(16,17)26(21,22)23/h7-11,13,19-20H,2-6H2,1H3,(H,21,22,23). The van der Waals surface area contributed by atoms with Gasteiger partial charge in [0, 0.05) is 10.5 Å². The zero-order valence-corrected chi connectivity index (χ0v) is 15.7. The molecule has 7 nitrogen and oxygen atoms in total. The summed E-state index contributed by atoms with van der Waals surface area (Å²) in [6.07, 6.45) is 0.337. The van der Waals surface area contributed by atoms with Gasteiger partial charge in [-0.1, -0.05) is 6.42 Å². The number of thioether (sulfide) groups is 1. The second kappa shape index (κ2) is 6.54. The Bertz CT molecular complexity index is 681. The largest absolute Gasteiger partial charge is 0.430 e. The van der Waals surface area contributed by atoms with Crippen LogP contribution in [0, 0.1) is 17.8 Å². The van der Waals surface area contributed by atoms with Crippen LogP contribution in [0.5, 0.6) is 0 Å². The van der Waals surface area contributed by atoms with Gasteiger partial charge in [-0.2, -0.15) is 29.0 Å². The van der Waals surface area contributed by atoms with Crippen LogP contribution in [0.15, 0.2) is 0 Å². The lowest BCUT2D eigenvalue weighted by atomic mass is 9.71.